The molecule has 36 valence electrons. The first-order valence-electron chi connectivity index (χ1n) is 1.73. The zero-order chi connectivity index (χ0) is 4.83. The molecule has 0 atom stereocenters. The van der Waals surface area contributed by atoms with E-state index >= 15 is 0 Å². The first-order valence-corrected chi connectivity index (χ1v) is 5.30. The highest BCUT2D eigenvalue weighted by molar-refractivity contribution is 6.93. The van der Waals surface area contributed by atoms with Crippen LogP contribution in [0.25, 0.3) is 0 Å². The topological polar surface area (TPSA) is 0 Å². The molecule has 0 bridgehead atoms. The molecule has 0 N–H and O–H groups in total. The average molecular weight is 141 g/mol. The fourth-order valence-electron chi connectivity index (χ4n) is 0.126. The predicted octanol–water partition coefficient (Wildman–Crippen LogP) is 1.48. The summed E-state index contributed by atoms with van der Waals surface area (Å²) in [5, 5.41) is 0. The van der Waals surface area contributed by atoms with Crippen molar-refractivity contribution in [3.63, 3.8) is 0 Å². The fourth-order valence-corrected chi connectivity index (χ4v) is 1.13. The highest BCUT2D eigenvalue weighted by Crippen LogP contribution is 1.86. The Kier molecular flexibility index (Phi) is 6.03. The minimum Gasteiger partial charge on any atom is -0.176 e. The van der Waals surface area contributed by atoms with E-state index in [1.807, 2.05) is 6.08 Å². The van der Waals surface area contributed by atoms with E-state index in [-0.39, 0.29) is 8.83 Å². The van der Waals surface area contributed by atoms with E-state index in [2.05, 4.69) is 0 Å². The fraction of sp³-hybridized carbons (Fsp3) is 0.333. The quantitative estimate of drug-likeness (QED) is 0.403. The lowest BCUT2D eigenvalue weighted by atomic mass is 10.8. The molecule has 0 nitrogen and oxygen atoms in total. The van der Waals surface area contributed by atoms with E-state index in [4.69, 9.17) is 22.7 Å². The lowest BCUT2D eigenvalue weighted by molar-refractivity contribution is 1.74. The van der Waals surface area contributed by atoms with Crippen molar-refractivity contribution in [2.75, 3.05) is 0 Å². The van der Waals surface area contributed by atoms with Crippen LogP contribution in [0.15, 0.2) is 11.6 Å². The summed E-state index contributed by atoms with van der Waals surface area (Å²) in [5.41, 5.74) is 1.51. The largest absolute Gasteiger partial charge is 0.176 e. The molecule has 0 spiro atoms. The van der Waals surface area contributed by atoms with Crippen LogP contribution >= 0.6 is 22.7 Å². The van der Waals surface area contributed by atoms with Crippen molar-refractivity contribution in [1.82, 2.24) is 0 Å². The van der Waals surface area contributed by atoms with Crippen molar-refractivity contribution < 1.29 is 0 Å². The molecule has 0 aromatic carbocycles. The van der Waals surface area contributed by atoms with Gasteiger partial charge in [-0.1, -0.05) is 17.7 Å². The van der Waals surface area contributed by atoms with Crippen LogP contribution in [-0.2, 0) is 0 Å². The van der Waals surface area contributed by atoms with Gasteiger partial charge in [0.05, 0.1) is 0 Å². The predicted molar refractivity (Wildman–Crippen MR) is 34.2 cm³/mol. The van der Waals surface area contributed by atoms with Gasteiger partial charge in [-0.2, -0.15) is 11.1 Å². The van der Waals surface area contributed by atoms with Gasteiger partial charge in [0.25, 0.3) is 0 Å². The molecule has 0 heterocycles. The summed E-state index contributed by atoms with van der Waals surface area (Å²) in [6, 6.07) is 1.01. The van der Waals surface area contributed by atoms with Crippen molar-refractivity contribution >= 4 is 31.5 Å². The first-order chi connectivity index (χ1) is 2.91. The summed E-state index contributed by atoms with van der Waals surface area (Å²) in [6.07, 6.45) is 1.88. The third-order valence-electron chi connectivity index (χ3n) is 0.365. The van der Waals surface area contributed by atoms with E-state index in [9.17, 15) is 0 Å². The first kappa shape index (κ1) is 6.54. The molecule has 0 aromatic rings. The van der Waals surface area contributed by atoms with Crippen molar-refractivity contribution in [1.29, 1.82) is 0 Å². The van der Waals surface area contributed by atoms with Gasteiger partial charge < -0.3 is 0 Å². The van der Waals surface area contributed by atoms with Crippen LogP contribution in [0, 0.1) is 0 Å². The Bertz CT molecular complexity index is 44.1. The Morgan fingerprint density at radius 2 is 2.33 bits per heavy atom. The van der Waals surface area contributed by atoms with Gasteiger partial charge in [0.2, 0.25) is 0 Å². The van der Waals surface area contributed by atoms with Crippen LogP contribution in [0.2, 0.25) is 6.04 Å². The summed E-state index contributed by atoms with van der Waals surface area (Å²) >= 11 is 10.6. The molecule has 0 rings (SSSR count). The average Bonchev–Trinajstić information content (AvgIpc) is 1.61. The smallest absolute Gasteiger partial charge is 0.129 e. The van der Waals surface area contributed by atoms with E-state index in [0.717, 1.165) is 6.04 Å². The van der Waals surface area contributed by atoms with Gasteiger partial charge >= 0.3 is 0 Å². The molecule has 0 aliphatic heterocycles. The van der Waals surface area contributed by atoms with Gasteiger partial charge in [-0.05, 0) is 11.6 Å². The summed E-state index contributed by atoms with van der Waals surface area (Å²) in [6.45, 7) is 0. The minimum atomic E-state index is -0.296. The van der Waals surface area contributed by atoms with Crippen molar-refractivity contribution in [3.8, 4) is 0 Å². The lowest BCUT2D eigenvalue weighted by Gasteiger charge is -1.71. The third kappa shape index (κ3) is 4.54. The molecule has 0 saturated carbocycles. The molecule has 0 unspecified atom stereocenters. The zero-order valence-corrected chi connectivity index (χ0v) is 6.25. The molecule has 0 radical (unpaired) electrons. The lowest BCUT2D eigenvalue weighted by Crippen LogP contribution is -1.65. The second-order valence-electron chi connectivity index (χ2n) is 0.839. The summed E-state index contributed by atoms with van der Waals surface area (Å²) in [5.74, 6) is 0. The van der Waals surface area contributed by atoms with Crippen LogP contribution < -0.4 is 0 Å². The third-order valence-corrected chi connectivity index (χ3v) is 1.75. The number of hydrogen-bond acceptors (Lipinski definition) is 0. The van der Waals surface area contributed by atoms with Crippen molar-refractivity contribution in [3.05, 3.63) is 11.6 Å². The molecule has 3 heteroatoms. The normalized spacial score (nSPS) is 12.3. The van der Waals surface area contributed by atoms with Gasteiger partial charge in [-0.15, -0.1) is 0 Å². The zero-order valence-electron chi connectivity index (χ0n) is 3.32. The molecule has 6 heavy (non-hydrogen) atoms. The molecular formula is C3H6Cl2Si. The molecule has 0 aliphatic carbocycles. The molecule has 0 amide bonds. The van der Waals surface area contributed by atoms with Gasteiger partial charge in [-0.3, -0.25) is 0 Å². The summed E-state index contributed by atoms with van der Waals surface area (Å²) in [4.78, 5) is 0. The van der Waals surface area contributed by atoms with Gasteiger partial charge in [-0.25, -0.2) is 0 Å². The Morgan fingerprint density at radius 3 is 2.50 bits per heavy atom. The molecule has 0 aliphatic rings. The minimum absolute atomic E-state index is 0.296. The van der Waals surface area contributed by atoms with Crippen LogP contribution in [0.1, 0.15) is 0 Å². The van der Waals surface area contributed by atoms with Gasteiger partial charge in [0.15, 0.2) is 0 Å². The van der Waals surface area contributed by atoms with Crippen molar-refractivity contribution in [2.45, 2.75) is 6.04 Å². The Balaban J connectivity index is 2.66. The Hall–Kier alpha value is 0.537. The number of hydrogen-bond donors (Lipinski definition) is 0. The van der Waals surface area contributed by atoms with E-state index in [1.165, 1.54) is 5.54 Å². The second kappa shape index (κ2) is 5.54. The number of halogens is 2. The highest BCUT2D eigenvalue weighted by atomic mass is 35.6. The monoisotopic (exact) mass is 140 g/mol. The standard InChI is InChI=1S/C3H6Cl2Si/c4-2-1-3-6-5/h1-2H,3,6H2/b2-1+. The van der Waals surface area contributed by atoms with Crippen LogP contribution in [0.5, 0.6) is 0 Å². The summed E-state index contributed by atoms with van der Waals surface area (Å²) in [7, 11) is -0.296. The number of rotatable bonds is 2. The maximum atomic E-state index is 5.41. The van der Waals surface area contributed by atoms with Crippen LogP contribution in [-0.4, -0.2) is 8.83 Å². The SMILES string of the molecule is Cl/C=C/C[SiH2]Cl. The Labute approximate surface area is 49.7 Å². The molecule has 0 aromatic heterocycles. The molecule has 0 fully saturated rings. The van der Waals surface area contributed by atoms with Gasteiger partial charge in [0.1, 0.15) is 8.83 Å². The van der Waals surface area contributed by atoms with Crippen LogP contribution in [0.4, 0.5) is 0 Å². The van der Waals surface area contributed by atoms with E-state index in [1.54, 1.807) is 0 Å². The molecular weight excluding hydrogens is 135 g/mol. The molecule has 0 saturated heterocycles. The van der Waals surface area contributed by atoms with E-state index in [0.29, 0.717) is 0 Å². The van der Waals surface area contributed by atoms with Gasteiger partial charge in [0, 0.05) is 0 Å². The maximum absolute atomic E-state index is 5.41. The second-order valence-corrected chi connectivity index (χ2v) is 3.18. The van der Waals surface area contributed by atoms with Crippen molar-refractivity contribution in [2.24, 2.45) is 0 Å². The highest BCUT2D eigenvalue weighted by Gasteiger charge is 1.70. The summed E-state index contributed by atoms with van der Waals surface area (Å²) < 4.78 is 0. The van der Waals surface area contributed by atoms with Crippen LogP contribution in [0.3, 0.4) is 0 Å². The Morgan fingerprint density at radius 1 is 1.67 bits per heavy atom. The maximum Gasteiger partial charge on any atom is 0.129 e. The number of allylic oxidation sites excluding steroid dienone is 1. The van der Waals surface area contributed by atoms with E-state index < -0.39 is 0 Å².